The third kappa shape index (κ3) is 3.76. The Balaban J connectivity index is 0.000000461. The van der Waals surface area contributed by atoms with E-state index in [1.807, 2.05) is 21.0 Å². The number of methoxy groups -OCH3 is 1. The van der Waals surface area contributed by atoms with Gasteiger partial charge in [-0.1, -0.05) is 33.6 Å². The minimum absolute atomic E-state index is 0.554. The Kier molecular flexibility index (Phi) is 6.63. The lowest BCUT2D eigenvalue weighted by atomic mass is 9.88. The van der Waals surface area contributed by atoms with Crippen LogP contribution in [0.15, 0.2) is 0 Å². The molecule has 1 rings (SSSR count). The lowest BCUT2D eigenvalue weighted by molar-refractivity contribution is 0.0310. The van der Waals surface area contributed by atoms with Crippen LogP contribution in [0.2, 0.25) is 0 Å². The Morgan fingerprint density at radius 1 is 1.09 bits per heavy atom. The predicted octanol–water partition coefficient (Wildman–Crippen LogP) is 3.24. The maximum Gasteiger partial charge on any atom is 0.0596 e. The minimum atomic E-state index is 0.554. The van der Waals surface area contributed by atoms with E-state index in [0.717, 1.165) is 5.92 Å². The molecule has 1 aliphatic carbocycles. The van der Waals surface area contributed by atoms with Crippen LogP contribution < -0.4 is 0 Å². The van der Waals surface area contributed by atoms with Crippen molar-refractivity contribution in [3.63, 3.8) is 0 Å². The van der Waals surface area contributed by atoms with E-state index in [0.29, 0.717) is 6.10 Å². The second-order valence-corrected chi connectivity index (χ2v) is 3.04. The lowest BCUT2D eigenvalue weighted by Gasteiger charge is -2.26. The molecular weight excluding hydrogens is 136 g/mol. The zero-order valence-electron chi connectivity index (χ0n) is 8.39. The minimum Gasteiger partial charge on any atom is -0.381 e. The fourth-order valence-electron chi connectivity index (χ4n) is 1.63. The van der Waals surface area contributed by atoms with Crippen molar-refractivity contribution in [1.82, 2.24) is 0 Å². The van der Waals surface area contributed by atoms with E-state index in [2.05, 4.69) is 6.92 Å². The van der Waals surface area contributed by atoms with Crippen LogP contribution in [0, 0.1) is 5.92 Å². The average molecular weight is 158 g/mol. The van der Waals surface area contributed by atoms with E-state index in [4.69, 9.17) is 4.74 Å². The van der Waals surface area contributed by atoms with Gasteiger partial charge in [0.1, 0.15) is 0 Å². The predicted molar refractivity (Wildman–Crippen MR) is 49.8 cm³/mol. The molecule has 0 N–H and O–H groups in total. The van der Waals surface area contributed by atoms with Gasteiger partial charge in [0.05, 0.1) is 6.10 Å². The van der Waals surface area contributed by atoms with Crippen LogP contribution in [0.4, 0.5) is 0 Å². The molecule has 0 amide bonds. The number of ether oxygens (including phenoxy) is 1. The molecule has 0 aliphatic heterocycles. The van der Waals surface area contributed by atoms with Crippen molar-refractivity contribution >= 4 is 0 Å². The lowest BCUT2D eigenvalue weighted by Crippen LogP contribution is -2.23. The molecule has 0 bridgehead atoms. The highest BCUT2D eigenvalue weighted by Crippen LogP contribution is 2.25. The SMILES string of the molecule is CC.CO[C@@H]1CCCC[C@H]1C. The van der Waals surface area contributed by atoms with Gasteiger partial charge in [-0.25, -0.2) is 0 Å². The van der Waals surface area contributed by atoms with Gasteiger partial charge in [-0.05, 0) is 18.8 Å². The van der Waals surface area contributed by atoms with E-state index in [1.165, 1.54) is 25.7 Å². The quantitative estimate of drug-likeness (QED) is 0.569. The van der Waals surface area contributed by atoms with Crippen molar-refractivity contribution in [2.24, 2.45) is 5.92 Å². The average Bonchev–Trinajstić information content (AvgIpc) is 2.09. The van der Waals surface area contributed by atoms with Gasteiger partial charge in [0.2, 0.25) is 0 Å². The van der Waals surface area contributed by atoms with Crippen LogP contribution >= 0.6 is 0 Å². The normalized spacial score (nSPS) is 30.5. The monoisotopic (exact) mass is 158 g/mol. The van der Waals surface area contributed by atoms with Gasteiger partial charge in [-0.15, -0.1) is 0 Å². The molecule has 1 fully saturated rings. The van der Waals surface area contributed by atoms with Crippen LogP contribution in [0.25, 0.3) is 0 Å². The van der Waals surface area contributed by atoms with Gasteiger partial charge in [0.15, 0.2) is 0 Å². The van der Waals surface area contributed by atoms with E-state index >= 15 is 0 Å². The largest absolute Gasteiger partial charge is 0.381 e. The molecule has 11 heavy (non-hydrogen) atoms. The second kappa shape index (κ2) is 6.66. The van der Waals surface area contributed by atoms with Crippen LogP contribution in [-0.4, -0.2) is 13.2 Å². The molecule has 1 heteroatoms. The van der Waals surface area contributed by atoms with Crippen molar-refractivity contribution in [2.45, 2.75) is 52.6 Å². The Morgan fingerprint density at radius 3 is 2.00 bits per heavy atom. The Hall–Kier alpha value is -0.0400. The molecule has 0 aromatic carbocycles. The summed E-state index contributed by atoms with van der Waals surface area (Å²) in [5.41, 5.74) is 0. The Bertz CT molecular complexity index is 80.9. The van der Waals surface area contributed by atoms with Crippen LogP contribution in [0.3, 0.4) is 0 Å². The van der Waals surface area contributed by atoms with Crippen LogP contribution in [0.1, 0.15) is 46.5 Å². The summed E-state index contributed by atoms with van der Waals surface area (Å²) in [4.78, 5) is 0. The van der Waals surface area contributed by atoms with Crippen molar-refractivity contribution in [1.29, 1.82) is 0 Å². The molecule has 0 unspecified atom stereocenters. The first kappa shape index (κ1) is 11.0. The summed E-state index contributed by atoms with van der Waals surface area (Å²) >= 11 is 0. The molecule has 0 heterocycles. The Morgan fingerprint density at radius 2 is 1.64 bits per heavy atom. The van der Waals surface area contributed by atoms with E-state index in [9.17, 15) is 0 Å². The smallest absolute Gasteiger partial charge is 0.0596 e. The molecule has 68 valence electrons. The third-order valence-electron chi connectivity index (χ3n) is 2.34. The van der Waals surface area contributed by atoms with Crippen LogP contribution in [-0.2, 0) is 4.74 Å². The first-order chi connectivity index (χ1) is 5.34. The first-order valence-electron chi connectivity index (χ1n) is 4.87. The van der Waals surface area contributed by atoms with Gasteiger partial charge in [-0.2, -0.15) is 0 Å². The molecule has 2 atom stereocenters. The maximum atomic E-state index is 5.30. The standard InChI is InChI=1S/C8H16O.C2H6/c1-7-5-3-4-6-8(7)9-2;1-2/h7-8H,3-6H2,1-2H3;1-2H3/t7-,8-;/m1./s1. The number of hydrogen-bond donors (Lipinski definition) is 0. The molecule has 0 aromatic rings. The van der Waals surface area contributed by atoms with E-state index in [1.54, 1.807) is 0 Å². The summed E-state index contributed by atoms with van der Waals surface area (Å²) in [7, 11) is 1.83. The van der Waals surface area contributed by atoms with Gasteiger partial charge >= 0.3 is 0 Å². The maximum absolute atomic E-state index is 5.30. The summed E-state index contributed by atoms with van der Waals surface area (Å²) in [6, 6.07) is 0. The van der Waals surface area contributed by atoms with E-state index in [-0.39, 0.29) is 0 Å². The van der Waals surface area contributed by atoms with Gasteiger partial charge in [0.25, 0.3) is 0 Å². The summed E-state index contributed by atoms with van der Waals surface area (Å²) < 4.78 is 5.30. The summed E-state index contributed by atoms with van der Waals surface area (Å²) in [6.45, 7) is 6.29. The Labute approximate surface area is 71.1 Å². The highest BCUT2D eigenvalue weighted by molar-refractivity contribution is 4.71. The number of rotatable bonds is 1. The fraction of sp³-hybridized carbons (Fsp3) is 1.00. The number of hydrogen-bond acceptors (Lipinski definition) is 1. The van der Waals surface area contributed by atoms with Gasteiger partial charge in [0, 0.05) is 7.11 Å². The van der Waals surface area contributed by atoms with E-state index < -0.39 is 0 Å². The zero-order chi connectivity index (χ0) is 8.69. The summed E-state index contributed by atoms with van der Waals surface area (Å²) in [5, 5.41) is 0. The van der Waals surface area contributed by atoms with Gasteiger partial charge < -0.3 is 4.74 Å². The summed E-state index contributed by atoms with van der Waals surface area (Å²) in [6.07, 6.45) is 5.96. The molecular formula is C10H22O. The molecule has 1 nitrogen and oxygen atoms in total. The highest BCUT2D eigenvalue weighted by atomic mass is 16.5. The topological polar surface area (TPSA) is 9.23 Å². The van der Waals surface area contributed by atoms with Crippen molar-refractivity contribution in [2.75, 3.05) is 7.11 Å². The molecule has 0 aromatic heterocycles. The fourth-order valence-corrected chi connectivity index (χ4v) is 1.63. The molecule has 0 spiro atoms. The molecule has 0 radical (unpaired) electrons. The van der Waals surface area contributed by atoms with Crippen molar-refractivity contribution < 1.29 is 4.74 Å². The van der Waals surface area contributed by atoms with Crippen LogP contribution in [0.5, 0.6) is 0 Å². The first-order valence-corrected chi connectivity index (χ1v) is 4.87. The van der Waals surface area contributed by atoms with Crippen molar-refractivity contribution in [3.05, 3.63) is 0 Å². The zero-order valence-corrected chi connectivity index (χ0v) is 8.39. The summed E-state index contributed by atoms with van der Waals surface area (Å²) in [5.74, 6) is 0.795. The van der Waals surface area contributed by atoms with Crippen molar-refractivity contribution in [3.8, 4) is 0 Å². The third-order valence-corrected chi connectivity index (χ3v) is 2.34. The van der Waals surface area contributed by atoms with Gasteiger partial charge in [-0.3, -0.25) is 0 Å². The molecule has 1 saturated carbocycles. The highest BCUT2D eigenvalue weighted by Gasteiger charge is 2.19. The molecule has 0 saturated heterocycles. The molecule has 1 aliphatic rings. The second-order valence-electron chi connectivity index (χ2n) is 3.04.